The van der Waals surface area contributed by atoms with Gasteiger partial charge < -0.3 is 10.2 Å². The van der Waals surface area contributed by atoms with E-state index in [1.807, 2.05) is 48.5 Å². The van der Waals surface area contributed by atoms with E-state index in [0.717, 1.165) is 30.7 Å². The average Bonchev–Trinajstić information content (AvgIpc) is 3.05. The van der Waals surface area contributed by atoms with Gasteiger partial charge in [0.05, 0.1) is 0 Å². The molecule has 45 heavy (non-hydrogen) atoms. The van der Waals surface area contributed by atoms with Crippen molar-refractivity contribution in [3.05, 3.63) is 96.1 Å². The molecule has 0 saturated carbocycles. The van der Waals surface area contributed by atoms with Crippen molar-refractivity contribution >= 4 is 68.3 Å². The molecule has 0 aromatic heterocycles. The predicted octanol–water partition coefficient (Wildman–Crippen LogP) is 8.01. The molecule has 2 N–H and O–H groups in total. The number of nitrogens with one attached hydrogen (secondary N) is 2. The monoisotopic (exact) mass is 697 g/mol. The summed E-state index contributed by atoms with van der Waals surface area (Å²) in [4.78, 5) is 49.1. The molecule has 11 heteroatoms. The lowest BCUT2D eigenvalue weighted by Crippen LogP contribution is -2.25. The Morgan fingerprint density at radius 3 is 1.38 bits per heavy atom. The number of carbonyl (C=O) groups is 4. The second-order valence-electron chi connectivity index (χ2n) is 9.30. The van der Waals surface area contributed by atoms with Crippen molar-refractivity contribution in [2.24, 2.45) is 0 Å². The van der Waals surface area contributed by atoms with E-state index in [4.69, 9.17) is 23.4 Å². The number of halogens is 2. The fourth-order valence-corrected chi connectivity index (χ4v) is 4.57. The summed E-state index contributed by atoms with van der Waals surface area (Å²) in [6.07, 6.45) is 1.66. The predicted molar refractivity (Wildman–Crippen MR) is 197 cm³/mol. The Kier molecular flexibility index (Phi) is 30.1. The highest BCUT2D eigenvalue weighted by Gasteiger charge is 2.06. The molecular formula is C34H49Cl2N3O4S2. The maximum atomic E-state index is 11.7. The zero-order valence-electron chi connectivity index (χ0n) is 27.2. The van der Waals surface area contributed by atoms with Crippen LogP contribution in [0, 0.1) is 0 Å². The maximum Gasteiger partial charge on any atom is 0.247 e. The first-order valence-electron chi connectivity index (χ1n) is 14.7. The number of carbonyl (C=O) groups excluding carboxylic acids is 4. The van der Waals surface area contributed by atoms with Gasteiger partial charge in [0, 0.05) is 46.9 Å². The largest absolute Gasteiger partial charge is 0.352 e. The third kappa shape index (κ3) is 26.5. The van der Waals surface area contributed by atoms with Crippen LogP contribution in [0.15, 0.2) is 85.0 Å². The lowest BCUT2D eigenvalue weighted by atomic mass is 10.2. The Bertz CT molecular complexity index is 1120. The summed E-state index contributed by atoms with van der Waals surface area (Å²) in [5, 5.41) is 2.47. The second kappa shape index (κ2) is 30.3. The fourth-order valence-electron chi connectivity index (χ4n) is 2.88. The standard InChI is InChI=1S/C14H17NO2S.C10H12ClNOS.C6H15N.C4H5ClO/c1-11(2)13(16)15-9-6-10-18-14(17)12-7-4-3-5-8-12;11-12-7-4-8-14-10(13)9-5-2-1-3-6-9;1-4-7(5-2)6-3;1-3(2)4(5)6/h3-5,7-8H,1,6,9-10H2,2H3,(H,15,16);1-3,5-6,12H,4,7-8H2;4-6H2,1-3H3;1H2,2H3. The number of nitrogens with zero attached hydrogens (tertiary/aromatic N) is 1. The average molecular weight is 699 g/mol. The number of thioether (sulfide) groups is 2. The molecule has 7 nitrogen and oxygen atoms in total. The van der Waals surface area contributed by atoms with E-state index in [0.29, 0.717) is 29.0 Å². The van der Waals surface area contributed by atoms with Crippen LogP contribution in [0.2, 0.25) is 0 Å². The van der Waals surface area contributed by atoms with Crippen molar-refractivity contribution in [2.45, 2.75) is 47.5 Å². The molecule has 0 saturated heterocycles. The summed E-state index contributed by atoms with van der Waals surface area (Å²) in [6, 6.07) is 18.5. The van der Waals surface area contributed by atoms with Gasteiger partial charge in [-0.15, -0.1) is 0 Å². The topological polar surface area (TPSA) is 95.6 Å². The van der Waals surface area contributed by atoms with Gasteiger partial charge in [-0.3, -0.25) is 19.2 Å². The third-order valence-corrected chi connectivity index (χ3v) is 8.07. The number of benzene rings is 2. The maximum absolute atomic E-state index is 11.7. The zero-order chi connectivity index (χ0) is 34.5. The van der Waals surface area contributed by atoms with Crippen LogP contribution in [0.4, 0.5) is 0 Å². The van der Waals surface area contributed by atoms with Crippen LogP contribution in [-0.2, 0) is 9.59 Å². The van der Waals surface area contributed by atoms with Crippen LogP contribution in [0.5, 0.6) is 0 Å². The van der Waals surface area contributed by atoms with Crippen LogP contribution in [-0.4, -0.2) is 70.5 Å². The molecule has 250 valence electrons. The van der Waals surface area contributed by atoms with Crippen molar-refractivity contribution in [2.75, 3.05) is 44.2 Å². The van der Waals surface area contributed by atoms with Crippen molar-refractivity contribution in [3.63, 3.8) is 0 Å². The van der Waals surface area contributed by atoms with Crippen LogP contribution >= 0.6 is 46.9 Å². The van der Waals surface area contributed by atoms with Gasteiger partial charge in [-0.25, -0.2) is 4.84 Å². The second-order valence-corrected chi connectivity index (χ2v) is 12.1. The summed E-state index contributed by atoms with van der Waals surface area (Å²) < 4.78 is 0. The number of hydrogen-bond donors (Lipinski definition) is 2. The third-order valence-electron chi connectivity index (χ3n) is 5.57. The van der Waals surface area contributed by atoms with Gasteiger partial charge in [0.15, 0.2) is 0 Å². The molecule has 0 aliphatic heterocycles. The Balaban J connectivity index is 0. The molecule has 0 aliphatic carbocycles. The smallest absolute Gasteiger partial charge is 0.247 e. The van der Waals surface area contributed by atoms with Crippen LogP contribution in [0.1, 0.15) is 68.2 Å². The van der Waals surface area contributed by atoms with E-state index in [-0.39, 0.29) is 16.1 Å². The lowest BCUT2D eigenvalue weighted by Gasteiger charge is -2.13. The molecule has 0 spiro atoms. The van der Waals surface area contributed by atoms with E-state index in [1.54, 1.807) is 26.0 Å². The van der Waals surface area contributed by atoms with Gasteiger partial charge in [-0.05, 0) is 69.7 Å². The molecule has 0 aliphatic rings. The Morgan fingerprint density at radius 1 is 0.711 bits per heavy atom. The molecule has 0 fully saturated rings. The molecule has 2 rings (SSSR count). The number of rotatable bonds is 15. The van der Waals surface area contributed by atoms with Gasteiger partial charge >= 0.3 is 0 Å². The van der Waals surface area contributed by atoms with E-state index in [1.165, 1.54) is 43.2 Å². The highest BCUT2D eigenvalue weighted by molar-refractivity contribution is 8.14. The fraction of sp³-hybridized carbons (Fsp3) is 0.412. The summed E-state index contributed by atoms with van der Waals surface area (Å²) >= 11 is 12.8. The van der Waals surface area contributed by atoms with Crippen molar-refractivity contribution in [1.82, 2.24) is 15.1 Å². The normalized spacial score (nSPS) is 9.69. The van der Waals surface area contributed by atoms with Gasteiger partial charge in [-0.2, -0.15) is 0 Å². The molecule has 0 bridgehead atoms. The van der Waals surface area contributed by atoms with E-state index < -0.39 is 5.24 Å². The zero-order valence-corrected chi connectivity index (χ0v) is 30.3. The molecule has 0 heterocycles. The first-order chi connectivity index (χ1) is 21.4. The number of amides is 1. The number of allylic oxidation sites excluding steroid dienone is 1. The summed E-state index contributed by atoms with van der Waals surface area (Å²) in [5.74, 6) is 1.37. The van der Waals surface area contributed by atoms with Crippen molar-refractivity contribution < 1.29 is 19.2 Å². The van der Waals surface area contributed by atoms with Gasteiger partial charge in [0.25, 0.3) is 0 Å². The minimum Gasteiger partial charge on any atom is -0.352 e. The Morgan fingerprint density at radius 2 is 1.09 bits per heavy atom. The summed E-state index contributed by atoms with van der Waals surface area (Å²) in [7, 11) is 0. The SMILES string of the molecule is C=C(C)C(=O)Cl.C=C(C)C(=O)NCCCSC(=O)c1ccccc1.CCN(CC)CC.O=C(SCCCNCl)c1ccccc1. The van der Waals surface area contributed by atoms with E-state index in [2.05, 4.69) is 49.0 Å². The van der Waals surface area contributed by atoms with Crippen LogP contribution < -0.4 is 10.2 Å². The minimum absolute atomic E-state index is 0.0711. The highest BCUT2D eigenvalue weighted by Crippen LogP contribution is 2.13. The first kappa shape index (κ1) is 44.7. The van der Waals surface area contributed by atoms with E-state index >= 15 is 0 Å². The van der Waals surface area contributed by atoms with Crippen LogP contribution in [0.3, 0.4) is 0 Å². The van der Waals surface area contributed by atoms with E-state index in [9.17, 15) is 19.2 Å². The minimum atomic E-state index is -0.463. The van der Waals surface area contributed by atoms with Gasteiger partial charge in [0.2, 0.25) is 21.4 Å². The molecule has 2 aromatic carbocycles. The first-order valence-corrected chi connectivity index (χ1v) is 17.5. The van der Waals surface area contributed by atoms with Gasteiger partial charge in [-0.1, -0.05) is 118 Å². The molecule has 0 atom stereocenters. The molecular weight excluding hydrogens is 649 g/mol. The molecule has 2 aromatic rings. The Labute approximate surface area is 289 Å². The quantitative estimate of drug-likeness (QED) is 0.0837. The van der Waals surface area contributed by atoms with Crippen LogP contribution in [0.25, 0.3) is 0 Å². The van der Waals surface area contributed by atoms with Gasteiger partial charge in [0.1, 0.15) is 0 Å². The van der Waals surface area contributed by atoms with Crippen molar-refractivity contribution in [3.8, 4) is 0 Å². The lowest BCUT2D eigenvalue weighted by molar-refractivity contribution is -0.117. The highest BCUT2D eigenvalue weighted by atomic mass is 35.5. The number of hydrogen-bond acceptors (Lipinski definition) is 8. The molecule has 0 radical (unpaired) electrons. The molecule has 0 unspecified atom stereocenters. The Hall–Kier alpha value is -2.40. The summed E-state index contributed by atoms with van der Waals surface area (Å²) in [5.41, 5.74) is 2.37. The van der Waals surface area contributed by atoms with Crippen molar-refractivity contribution in [1.29, 1.82) is 0 Å². The molecule has 1 amide bonds. The summed E-state index contributed by atoms with van der Waals surface area (Å²) in [6.45, 7) is 21.5.